The first-order valence-electron chi connectivity index (χ1n) is 11.8. The highest BCUT2D eigenvalue weighted by Gasteiger charge is 2.29. The Morgan fingerprint density at radius 3 is 2.29 bits per heavy atom. The largest absolute Gasteiger partial charge is 0.354 e. The number of nitrogens with one attached hydrogen (secondary N) is 1. The number of sulfonamides is 1. The van der Waals surface area contributed by atoms with Crippen molar-refractivity contribution in [2.45, 2.75) is 37.5 Å². The number of rotatable bonds is 5. The van der Waals surface area contributed by atoms with Crippen molar-refractivity contribution in [1.29, 1.82) is 0 Å². The van der Waals surface area contributed by atoms with E-state index in [4.69, 9.17) is 4.98 Å². The maximum Gasteiger partial charge on any atom is 0.256 e. The lowest BCUT2D eigenvalue weighted by molar-refractivity contribution is 0.102. The number of piperidine rings is 1. The summed E-state index contributed by atoms with van der Waals surface area (Å²) in [6.45, 7) is 4.88. The second-order valence-electron chi connectivity index (χ2n) is 9.17. The summed E-state index contributed by atoms with van der Waals surface area (Å²) in [6, 6.07) is 13.7. The van der Waals surface area contributed by atoms with E-state index in [2.05, 4.69) is 22.1 Å². The molecule has 2 fully saturated rings. The number of aromatic nitrogens is 2. The third kappa shape index (κ3) is 4.50. The van der Waals surface area contributed by atoms with E-state index in [-0.39, 0.29) is 10.8 Å². The fraction of sp³-hybridized carbons (Fsp3) is 0.400. The van der Waals surface area contributed by atoms with Gasteiger partial charge in [0.25, 0.3) is 5.91 Å². The molecule has 1 unspecified atom stereocenters. The van der Waals surface area contributed by atoms with Gasteiger partial charge in [0.1, 0.15) is 0 Å². The number of benzene rings is 2. The normalized spacial score (nSPS) is 19.4. The van der Waals surface area contributed by atoms with Crippen molar-refractivity contribution < 1.29 is 13.2 Å². The molecule has 1 amide bonds. The number of hydrogen-bond acceptors (Lipinski definition) is 6. The van der Waals surface area contributed by atoms with Gasteiger partial charge in [0, 0.05) is 31.7 Å². The van der Waals surface area contributed by atoms with E-state index in [1.54, 1.807) is 16.4 Å². The molecule has 9 heteroatoms. The summed E-state index contributed by atoms with van der Waals surface area (Å²) in [4.78, 5) is 24.9. The van der Waals surface area contributed by atoms with E-state index in [1.807, 2.05) is 24.3 Å². The van der Waals surface area contributed by atoms with Crippen molar-refractivity contribution in [2.75, 3.05) is 36.4 Å². The zero-order chi connectivity index (χ0) is 23.7. The predicted octanol–water partition coefficient (Wildman–Crippen LogP) is 3.90. The maximum absolute atomic E-state index is 13.1. The van der Waals surface area contributed by atoms with Gasteiger partial charge in [-0.15, -0.1) is 0 Å². The van der Waals surface area contributed by atoms with Crippen molar-refractivity contribution in [3.05, 3.63) is 54.1 Å². The standard InChI is InChI=1S/C25H29N5O3S/c1-18-7-6-16-30(17-18)34(32,33)20-12-10-19(11-13-20)25(31)28-23-24(29-14-4-5-15-29)27-22-9-3-2-8-21(22)26-23/h2-3,8-13,18H,4-7,14-17H2,1H3,(H,26,28,31). The minimum absolute atomic E-state index is 0.210. The molecule has 34 heavy (non-hydrogen) atoms. The van der Waals surface area contributed by atoms with Gasteiger partial charge < -0.3 is 10.2 Å². The molecule has 2 aromatic carbocycles. The van der Waals surface area contributed by atoms with Gasteiger partial charge in [0.05, 0.1) is 15.9 Å². The molecule has 1 aromatic heterocycles. The van der Waals surface area contributed by atoms with Gasteiger partial charge in [0.15, 0.2) is 11.6 Å². The smallest absolute Gasteiger partial charge is 0.256 e. The van der Waals surface area contributed by atoms with Crippen LogP contribution in [-0.2, 0) is 10.0 Å². The minimum atomic E-state index is -3.57. The number of amides is 1. The molecule has 0 spiro atoms. The Morgan fingerprint density at radius 2 is 1.62 bits per heavy atom. The molecule has 2 aliphatic heterocycles. The molecular weight excluding hydrogens is 450 g/mol. The Labute approximate surface area is 200 Å². The third-order valence-corrected chi connectivity index (χ3v) is 8.44. The van der Waals surface area contributed by atoms with Crippen molar-refractivity contribution in [1.82, 2.24) is 14.3 Å². The van der Waals surface area contributed by atoms with Crippen LogP contribution in [0.1, 0.15) is 43.0 Å². The third-order valence-electron chi connectivity index (χ3n) is 6.56. The number of para-hydroxylation sites is 2. The maximum atomic E-state index is 13.1. The van der Waals surface area contributed by atoms with Gasteiger partial charge in [-0.25, -0.2) is 18.4 Å². The van der Waals surface area contributed by atoms with Gasteiger partial charge in [-0.3, -0.25) is 4.79 Å². The molecule has 2 saturated heterocycles. The molecule has 5 rings (SSSR count). The van der Waals surface area contributed by atoms with Crippen LogP contribution in [0.2, 0.25) is 0 Å². The van der Waals surface area contributed by atoms with Crippen LogP contribution in [0.25, 0.3) is 11.0 Å². The number of anilines is 2. The lowest BCUT2D eigenvalue weighted by atomic mass is 10.0. The highest BCUT2D eigenvalue weighted by molar-refractivity contribution is 7.89. The zero-order valence-corrected chi connectivity index (χ0v) is 20.1. The summed E-state index contributed by atoms with van der Waals surface area (Å²) in [6.07, 6.45) is 4.07. The van der Waals surface area contributed by atoms with Gasteiger partial charge in [-0.05, 0) is 68.0 Å². The topological polar surface area (TPSA) is 95.5 Å². The Kier molecular flexibility index (Phi) is 6.22. The molecule has 2 aliphatic rings. The number of hydrogen-bond donors (Lipinski definition) is 1. The van der Waals surface area contributed by atoms with Gasteiger partial charge >= 0.3 is 0 Å². The lowest BCUT2D eigenvalue weighted by Gasteiger charge is -2.30. The minimum Gasteiger partial charge on any atom is -0.354 e. The second-order valence-corrected chi connectivity index (χ2v) is 11.1. The summed E-state index contributed by atoms with van der Waals surface area (Å²) in [5.74, 6) is 1.09. The van der Waals surface area contributed by atoms with Crippen LogP contribution in [0.3, 0.4) is 0 Å². The summed E-state index contributed by atoms with van der Waals surface area (Å²) in [5, 5.41) is 2.91. The molecule has 0 saturated carbocycles. The molecule has 178 valence electrons. The van der Waals surface area contributed by atoms with Crippen molar-refractivity contribution in [2.24, 2.45) is 5.92 Å². The van der Waals surface area contributed by atoms with Crippen LogP contribution in [0.4, 0.5) is 11.6 Å². The number of fused-ring (bicyclic) bond motifs is 1. The Morgan fingerprint density at radius 1 is 0.941 bits per heavy atom. The quantitative estimate of drug-likeness (QED) is 0.596. The molecule has 3 heterocycles. The van der Waals surface area contributed by atoms with E-state index >= 15 is 0 Å². The Bertz CT molecular complexity index is 1300. The average molecular weight is 480 g/mol. The summed E-state index contributed by atoms with van der Waals surface area (Å²) in [7, 11) is -3.57. The Hall–Kier alpha value is -3.04. The first-order chi connectivity index (χ1) is 16.4. The SMILES string of the molecule is CC1CCCN(S(=O)(=O)c2ccc(C(=O)Nc3nc4ccccc4nc3N3CCCC3)cc2)C1. The van der Waals surface area contributed by atoms with Crippen LogP contribution in [-0.4, -0.2) is 54.8 Å². The molecule has 3 aromatic rings. The zero-order valence-electron chi connectivity index (χ0n) is 19.3. The fourth-order valence-corrected chi connectivity index (χ4v) is 6.29. The molecule has 8 nitrogen and oxygen atoms in total. The van der Waals surface area contributed by atoms with Crippen molar-refractivity contribution >= 4 is 38.6 Å². The van der Waals surface area contributed by atoms with E-state index in [1.165, 1.54) is 12.1 Å². The molecule has 0 aliphatic carbocycles. The van der Waals surface area contributed by atoms with Gasteiger partial charge in [0.2, 0.25) is 10.0 Å². The van der Waals surface area contributed by atoms with Crippen LogP contribution in [0.15, 0.2) is 53.4 Å². The summed E-state index contributed by atoms with van der Waals surface area (Å²) < 4.78 is 27.6. The molecule has 1 atom stereocenters. The molecular formula is C25H29N5O3S. The number of carbonyl (C=O) groups is 1. The average Bonchev–Trinajstić information content (AvgIpc) is 3.38. The summed E-state index contributed by atoms with van der Waals surface area (Å²) in [5.41, 5.74) is 1.86. The van der Waals surface area contributed by atoms with Crippen molar-refractivity contribution in [3.8, 4) is 0 Å². The van der Waals surface area contributed by atoms with E-state index < -0.39 is 10.0 Å². The predicted molar refractivity (Wildman–Crippen MR) is 133 cm³/mol. The number of carbonyl (C=O) groups excluding carboxylic acids is 1. The van der Waals surface area contributed by atoms with E-state index in [9.17, 15) is 13.2 Å². The van der Waals surface area contributed by atoms with Gasteiger partial charge in [-0.1, -0.05) is 19.1 Å². The van der Waals surface area contributed by atoms with E-state index in [0.717, 1.165) is 44.3 Å². The number of nitrogens with zero attached hydrogens (tertiary/aromatic N) is 4. The second kappa shape index (κ2) is 9.31. The first kappa shape index (κ1) is 22.7. The van der Waals surface area contributed by atoms with Crippen LogP contribution in [0.5, 0.6) is 0 Å². The van der Waals surface area contributed by atoms with Crippen LogP contribution >= 0.6 is 0 Å². The highest BCUT2D eigenvalue weighted by atomic mass is 32.2. The van der Waals surface area contributed by atoms with E-state index in [0.29, 0.717) is 41.7 Å². The lowest BCUT2D eigenvalue weighted by Crippen LogP contribution is -2.39. The highest BCUT2D eigenvalue weighted by Crippen LogP contribution is 2.29. The van der Waals surface area contributed by atoms with Gasteiger partial charge in [-0.2, -0.15) is 4.31 Å². The van der Waals surface area contributed by atoms with Crippen LogP contribution in [0, 0.1) is 5.92 Å². The molecule has 1 N–H and O–H groups in total. The molecule has 0 radical (unpaired) electrons. The summed E-state index contributed by atoms with van der Waals surface area (Å²) >= 11 is 0. The van der Waals surface area contributed by atoms with Crippen molar-refractivity contribution in [3.63, 3.8) is 0 Å². The van der Waals surface area contributed by atoms with Crippen LogP contribution < -0.4 is 10.2 Å². The first-order valence-corrected chi connectivity index (χ1v) is 13.3. The monoisotopic (exact) mass is 479 g/mol. The fourth-order valence-electron chi connectivity index (χ4n) is 4.70. The Balaban J connectivity index is 1.39. The molecule has 0 bridgehead atoms.